The molecule has 1 aliphatic heterocycles. The Hall–Kier alpha value is -1.34. The molecule has 3 rings (SSSR count). The second-order valence-electron chi connectivity index (χ2n) is 7.06. The number of alkyl halides is 3. The van der Waals surface area contributed by atoms with E-state index < -0.39 is 39.7 Å². The SMILES string of the molecule is CC(O)c1sc(S(=O)(=O)Nc2ccc(C(F)(F)F)c(O[C@@H]3CCN(C)C3)c2)cc1Br. The normalized spacial score (nSPS) is 19.1. The topological polar surface area (TPSA) is 78.9 Å². The molecule has 0 radical (unpaired) electrons. The van der Waals surface area contributed by atoms with Crippen molar-refractivity contribution in [3.05, 3.63) is 39.2 Å². The number of aliphatic hydroxyl groups excluding tert-OH is 1. The summed E-state index contributed by atoms with van der Waals surface area (Å²) in [4.78, 5) is 2.37. The molecular formula is C18H20BrF3N2O4S2. The van der Waals surface area contributed by atoms with Crippen molar-refractivity contribution < 1.29 is 31.4 Å². The average molecular weight is 529 g/mol. The Balaban J connectivity index is 1.90. The van der Waals surface area contributed by atoms with Gasteiger partial charge in [-0.05, 0) is 54.5 Å². The van der Waals surface area contributed by atoms with Crippen LogP contribution >= 0.6 is 27.3 Å². The van der Waals surface area contributed by atoms with Gasteiger partial charge in [0.25, 0.3) is 10.0 Å². The van der Waals surface area contributed by atoms with Crippen LogP contribution in [0, 0.1) is 0 Å². The number of rotatable bonds is 6. The molecule has 1 fully saturated rings. The molecule has 0 saturated carbocycles. The maximum Gasteiger partial charge on any atom is 0.419 e. The Morgan fingerprint density at radius 3 is 2.60 bits per heavy atom. The van der Waals surface area contributed by atoms with Crippen molar-refractivity contribution in [1.29, 1.82) is 0 Å². The second-order valence-corrected chi connectivity index (χ2v) is 10.9. The first-order chi connectivity index (χ1) is 13.9. The molecule has 0 aliphatic carbocycles. The molecule has 0 spiro atoms. The number of likely N-dealkylation sites (tertiary alicyclic amines) is 1. The number of thiophene rings is 1. The summed E-state index contributed by atoms with van der Waals surface area (Å²) in [7, 11) is -2.22. The van der Waals surface area contributed by atoms with Crippen molar-refractivity contribution in [2.24, 2.45) is 0 Å². The van der Waals surface area contributed by atoms with Gasteiger partial charge in [0.05, 0.1) is 17.4 Å². The second kappa shape index (κ2) is 8.65. The van der Waals surface area contributed by atoms with Gasteiger partial charge in [-0.2, -0.15) is 13.2 Å². The van der Waals surface area contributed by atoms with Crippen LogP contribution in [0.4, 0.5) is 18.9 Å². The molecule has 6 nitrogen and oxygen atoms in total. The van der Waals surface area contributed by atoms with E-state index in [0.717, 1.165) is 29.5 Å². The summed E-state index contributed by atoms with van der Waals surface area (Å²) in [5.74, 6) is -0.417. The summed E-state index contributed by atoms with van der Waals surface area (Å²) in [6, 6.07) is 4.24. The molecule has 30 heavy (non-hydrogen) atoms. The van der Waals surface area contributed by atoms with Crippen LogP contribution in [0.3, 0.4) is 0 Å². The number of sulfonamides is 1. The number of benzene rings is 1. The van der Waals surface area contributed by atoms with Gasteiger partial charge in [0.2, 0.25) is 0 Å². The summed E-state index contributed by atoms with van der Waals surface area (Å²) < 4.78 is 73.8. The molecule has 12 heteroatoms. The third kappa shape index (κ3) is 5.28. The number of halogens is 4. The molecule has 1 aliphatic rings. The molecule has 2 heterocycles. The maximum atomic E-state index is 13.4. The number of nitrogens with one attached hydrogen (secondary N) is 1. The molecule has 2 aromatic rings. The van der Waals surface area contributed by atoms with Crippen LogP contribution in [-0.4, -0.2) is 44.7 Å². The number of hydrogen-bond acceptors (Lipinski definition) is 6. The van der Waals surface area contributed by atoms with E-state index in [0.29, 0.717) is 28.9 Å². The highest BCUT2D eigenvalue weighted by atomic mass is 79.9. The third-order valence-corrected chi connectivity index (χ3v) is 8.59. The summed E-state index contributed by atoms with van der Waals surface area (Å²) in [5.41, 5.74) is -1.01. The van der Waals surface area contributed by atoms with Gasteiger partial charge in [0.15, 0.2) is 0 Å². The molecule has 2 atom stereocenters. The van der Waals surface area contributed by atoms with Gasteiger partial charge in [0.1, 0.15) is 16.1 Å². The molecule has 166 valence electrons. The first-order valence-corrected chi connectivity index (χ1v) is 12.0. The van der Waals surface area contributed by atoms with E-state index in [1.807, 2.05) is 11.9 Å². The number of hydrogen-bond donors (Lipinski definition) is 2. The Kier molecular flexibility index (Phi) is 6.73. The fourth-order valence-corrected chi connectivity index (χ4v) is 6.54. The van der Waals surface area contributed by atoms with E-state index in [1.165, 1.54) is 13.0 Å². The maximum absolute atomic E-state index is 13.4. The van der Waals surface area contributed by atoms with Crippen molar-refractivity contribution in [3.63, 3.8) is 0 Å². The predicted molar refractivity (Wildman–Crippen MR) is 111 cm³/mol. The van der Waals surface area contributed by atoms with Crippen LogP contribution in [0.15, 0.2) is 32.9 Å². The molecule has 1 saturated heterocycles. The molecule has 2 N–H and O–H groups in total. The number of anilines is 1. The number of nitrogens with zero attached hydrogens (tertiary/aromatic N) is 1. The lowest BCUT2D eigenvalue weighted by Gasteiger charge is -2.19. The minimum absolute atomic E-state index is 0.0486. The fraction of sp³-hybridized carbons (Fsp3) is 0.444. The lowest BCUT2D eigenvalue weighted by Crippen LogP contribution is -2.23. The van der Waals surface area contributed by atoms with Crippen LogP contribution in [0.2, 0.25) is 0 Å². The Morgan fingerprint density at radius 1 is 1.37 bits per heavy atom. The lowest BCUT2D eigenvalue weighted by molar-refractivity contribution is -0.139. The third-order valence-electron chi connectivity index (χ3n) is 4.52. The zero-order valence-corrected chi connectivity index (χ0v) is 19.3. The first-order valence-electron chi connectivity index (χ1n) is 8.93. The molecule has 0 bridgehead atoms. The Bertz CT molecular complexity index is 1020. The summed E-state index contributed by atoms with van der Waals surface area (Å²) >= 11 is 4.07. The van der Waals surface area contributed by atoms with Crippen molar-refractivity contribution in [3.8, 4) is 5.75 Å². The largest absolute Gasteiger partial charge is 0.488 e. The Labute approximate surface area is 184 Å². The van der Waals surface area contributed by atoms with Crippen LogP contribution in [-0.2, 0) is 16.2 Å². The monoisotopic (exact) mass is 528 g/mol. The molecule has 1 aromatic carbocycles. The van der Waals surface area contributed by atoms with Gasteiger partial charge in [-0.15, -0.1) is 11.3 Å². The standard InChI is InChI=1S/C18H20BrF3N2O4S2/c1-10(25)17-14(19)8-16(29-17)30(26,27)23-11-3-4-13(18(20,21)22)15(7-11)28-12-5-6-24(2)9-12/h3-4,7-8,10,12,23,25H,5-6,9H2,1-2H3/t10?,12-/m1/s1. The van der Waals surface area contributed by atoms with Crippen molar-refractivity contribution >= 4 is 43.0 Å². The van der Waals surface area contributed by atoms with E-state index in [9.17, 15) is 26.7 Å². The Morgan fingerprint density at radius 2 is 2.07 bits per heavy atom. The van der Waals surface area contributed by atoms with Crippen LogP contribution in [0.5, 0.6) is 5.75 Å². The highest BCUT2D eigenvalue weighted by molar-refractivity contribution is 9.10. The van der Waals surface area contributed by atoms with E-state index in [-0.39, 0.29) is 9.90 Å². The molecule has 1 unspecified atom stereocenters. The quantitative estimate of drug-likeness (QED) is 0.578. The molecule has 0 amide bonds. The number of likely N-dealkylation sites (N-methyl/N-ethyl adjacent to an activating group) is 1. The fourth-order valence-electron chi connectivity index (χ4n) is 3.07. The smallest absolute Gasteiger partial charge is 0.419 e. The van der Waals surface area contributed by atoms with Gasteiger partial charge in [-0.25, -0.2) is 8.42 Å². The number of ether oxygens (including phenoxy) is 1. The van der Waals surface area contributed by atoms with Crippen LogP contribution in [0.1, 0.15) is 29.9 Å². The van der Waals surface area contributed by atoms with Crippen molar-refractivity contribution in [2.45, 2.75) is 35.9 Å². The van der Waals surface area contributed by atoms with E-state index in [2.05, 4.69) is 20.7 Å². The highest BCUT2D eigenvalue weighted by Gasteiger charge is 2.36. The van der Waals surface area contributed by atoms with Crippen LogP contribution < -0.4 is 9.46 Å². The average Bonchev–Trinajstić information content (AvgIpc) is 3.19. The van der Waals surface area contributed by atoms with Crippen molar-refractivity contribution in [1.82, 2.24) is 4.90 Å². The predicted octanol–water partition coefficient (Wildman–Crippen LogP) is 4.47. The van der Waals surface area contributed by atoms with Gasteiger partial charge in [-0.1, -0.05) is 0 Å². The molecule has 1 aromatic heterocycles. The first kappa shape index (κ1) is 23.3. The van der Waals surface area contributed by atoms with Gasteiger partial charge < -0.3 is 14.7 Å². The van der Waals surface area contributed by atoms with Crippen LogP contribution in [0.25, 0.3) is 0 Å². The lowest BCUT2D eigenvalue weighted by atomic mass is 10.1. The minimum atomic E-state index is -4.64. The van der Waals surface area contributed by atoms with Gasteiger partial charge in [-0.3, -0.25) is 4.72 Å². The zero-order chi connectivity index (χ0) is 22.3. The zero-order valence-electron chi connectivity index (χ0n) is 16.0. The van der Waals surface area contributed by atoms with Gasteiger partial charge in [0, 0.05) is 28.5 Å². The summed E-state index contributed by atoms with van der Waals surface area (Å²) in [6.45, 7) is 2.69. The molecular weight excluding hydrogens is 509 g/mol. The van der Waals surface area contributed by atoms with E-state index in [4.69, 9.17) is 4.74 Å². The summed E-state index contributed by atoms with van der Waals surface area (Å²) in [6.07, 6.45) is -5.34. The highest BCUT2D eigenvalue weighted by Crippen LogP contribution is 2.40. The van der Waals surface area contributed by atoms with E-state index in [1.54, 1.807) is 0 Å². The van der Waals surface area contributed by atoms with Crippen molar-refractivity contribution in [2.75, 3.05) is 24.9 Å². The number of aliphatic hydroxyl groups is 1. The van der Waals surface area contributed by atoms with E-state index >= 15 is 0 Å². The minimum Gasteiger partial charge on any atom is -0.488 e. The summed E-state index contributed by atoms with van der Waals surface area (Å²) in [5, 5.41) is 9.71. The van der Waals surface area contributed by atoms with Gasteiger partial charge >= 0.3 is 6.18 Å².